The standard InChI is InChI=1S/C14H17BrN2O3S/c1-3-10-4-6-11(7-5-10)17-21(18,19)13-8-12(9-16-2)20-14(13)15/h4-8,16-17H,3,9H2,1-2H3. The van der Waals surface area contributed by atoms with Crippen LogP contribution in [-0.2, 0) is 23.0 Å². The van der Waals surface area contributed by atoms with Crippen LogP contribution in [0, 0.1) is 0 Å². The maximum Gasteiger partial charge on any atom is 0.266 e. The van der Waals surface area contributed by atoms with Gasteiger partial charge in [0.1, 0.15) is 10.7 Å². The summed E-state index contributed by atoms with van der Waals surface area (Å²) in [5.41, 5.74) is 1.68. The topological polar surface area (TPSA) is 71.3 Å². The fraction of sp³-hybridized carbons (Fsp3) is 0.286. The van der Waals surface area contributed by atoms with E-state index in [0.29, 0.717) is 18.0 Å². The average molecular weight is 373 g/mol. The van der Waals surface area contributed by atoms with Gasteiger partial charge in [0, 0.05) is 11.8 Å². The Morgan fingerprint density at radius 1 is 1.24 bits per heavy atom. The molecule has 21 heavy (non-hydrogen) atoms. The van der Waals surface area contributed by atoms with Crippen molar-refractivity contribution in [3.63, 3.8) is 0 Å². The van der Waals surface area contributed by atoms with Crippen molar-refractivity contribution in [3.05, 3.63) is 46.3 Å². The molecule has 0 atom stereocenters. The summed E-state index contributed by atoms with van der Waals surface area (Å²) >= 11 is 3.15. The molecule has 5 nitrogen and oxygen atoms in total. The SMILES string of the molecule is CCc1ccc(NS(=O)(=O)c2cc(CNC)oc2Br)cc1. The highest BCUT2D eigenvalue weighted by atomic mass is 79.9. The lowest BCUT2D eigenvalue weighted by atomic mass is 10.2. The summed E-state index contributed by atoms with van der Waals surface area (Å²) < 4.78 is 32.8. The van der Waals surface area contributed by atoms with E-state index < -0.39 is 10.0 Å². The van der Waals surface area contributed by atoms with Crippen LogP contribution in [0.1, 0.15) is 18.2 Å². The Kier molecular flexibility index (Phi) is 5.08. The molecular formula is C14H17BrN2O3S. The number of benzene rings is 1. The smallest absolute Gasteiger partial charge is 0.266 e. The first-order valence-corrected chi connectivity index (χ1v) is 8.78. The zero-order valence-electron chi connectivity index (χ0n) is 11.8. The van der Waals surface area contributed by atoms with Crippen molar-refractivity contribution >= 4 is 31.6 Å². The molecule has 2 aromatic rings. The van der Waals surface area contributed by atoms with E-state index in [4.69, 9.17) is 4.42 Å². The molecule has 1 aromatic carbocycles. The molecule has 114 valence electrons. The Labute approximate surface area is 132 Å². The molecule has 0 aliphatic rings. The summed E-state index contributed by atoms with van der Waals surface area (Å²) in [7, 11) is -1.92. The molecule has 1 heterocycles. The monoisotopic (exact) mass is 372 g/mol. The van der Waals surface area contributed by atoms with Gasteiger partial charge in [-0.15, -0.1) is 0 Å². The molecule has 0 unspecified atom stereocenters. The van der Waals surface area contributed by atoms with Crippen molar-refractivity contribution in [2.45, 2.75) is 24.8 Å². The molecule has 0 aliphatic carbocycles. The minimum atomic E-state index is -3.68. The van der Waals surface area contributed by atoms with Crippen molar-refractivity contribution in [2.24, 2.45) is 0 Å². The predicted molar refractivity (Wildman–Crippen MR) is 85.8 cm³/mol. The second-order valence-electron chi connectivity index (χ2n) is 4.54. The van der Waals surface area contributed by atoms with E-state index in [0.717, 1.165) is 12.0 Å². The summed E-state index contributed by atoms with van der Waals surface area (Å²) in [5.74, 6) is 0.547. The molecule has 0 saturated heterocycles. The van der Waals surface area contributed by atoms with Gasteiger partial charge in [-0.3, -0.25) is 4.72 Å². The highest BCUT2D eigenvalue weighted by Crippen LogP contribution is 2.28. The number of aryl methyl sites for hydroxylation is 1. The Morgan fingerprint density at radius 3 is 2.48 bits per heavy atom. The van der Waals surface area contributed by atoms with Gasteiger partial charge in [-0.25, -0.2) is 8.42 Å². The largest absolute Gasteiger partial charge is 0.451 e. The molecule has 0 spiro atoms. The molecule has 2 rings (SSSR count). The van der Waals surface area contributed by atoms with Gasteiger partial charge in [-0.2, -0.15) is 0 Å². The van der Waals surface area contributed by atoms with Crippen LogP contribution in [-0.4, -0.2) is 15.5 Å². The highest BCUT2D eigenvalue weighted by Gasteiger charge is 2.22. The van der Waals surface area contributed by atoms with E-state index in [1.54, 1.807) is 19.2 Å². The van der Waals surface area contributed by atoms with Gasteiger partial charge in [0.25, 0.3) is 10.0 Å². The summed E-state index contributed by atoms with van der Waals surface area (Å²) in [4.78, 5) is 0.0901. The highest BCUT2D eigenvalue weighted by molar-refractivity contribution is 9.10. The van der Waals surface area contributed by atoms with Crippen LogP contribution >= 0.6 is 15.9 Å². The fourth-order valence-electron chi connectivity index (χ4n) is 1.86. The lowest BCUT2D eigenvalue weighted by Crippen LogP contribution is -2.12. The Balaban J connectivity index is 2.24. The third-order valence-electron chi connectivity index (χ3n) is 2.96. The van der Waals surface area contributed by atoms with Crippen molar-refractivity contribution < 1.29 is 12.8 Å². The van der Waals surface area contributed by atoms with E-state index in [1.807, 2.05) is 19.1 Å². The van der Waals surface area contributed by atoms with Crippen molar-refractivity contribution in [1.29, 1.82) is 0 Å². The lowest BCUT2D eigenvalue weighted by molar-refractivity contribution is 0.470. The third kappa shape index (κ3) is 3.87. The number of anilines is 1. The minimum Gasteiger partial charge on any atom is -0.451 e. The van der Waals surface area contributed by atoms with Crippen molar-refractivity contribution in [3.8, 4) is 0 Å². The Hall–Kier alpha value is -1.31. The van der Waals surface area contributed by atoms with E-state index in [1.165, 1.54) is 6.07 Å². The number of furan rings is 1. The molecule has 0 amide bonds. The molecule has 7 heteroatoms. The van der Waals surface area contributed by atoms with Gasteiger partial charge in [0.15, 0.2) is 4.67 Å². The van der Waals surface area contributed by atoms with E-state index in [-0.39, 0.29) is 9.56 Å². The molecule has 0 aliphatic heterocycles. The van der Waals surface area contributed by atoms with Gasteiger partial charge in [0.05, 0.1) is 6.54 Å². The zero-order chi connectivity index (χ0) is 15.5. The van der Waals surface area contributed by atoms with Gasteiger partial charge in [-0.05, 0) is 47.1 Å². The third-order valence-corrected chi connectivity index (χ3v) is 5.20. The van der Waals surface area contributed by atoms with Gasteiger partial charge in [-0.1, -0.05) is 19.1 Å². The van der Waals surface area contributed by atoms with Gasteiger partial charge < -0.3 is 9.73 Å². The van der Waals surface area contributed by atoms with Crippen LogP contribution < -0.4 is 10.0 Å². The second-order valence-corrected chi connectivity index (χ2v) is 6.91. The van der Waals surface area contributed by atoms with Crippen LogP contribution in [0.15, 0.2) is 44.3 Å². The summed E-state index contributed by atoms with van der Waals surface area (Å²) in [5, 5.41) is 2.91. The molecule has 0 saturated carbocycles. The fourth-order valence-corrected chi connectivity index (χ4v) is 3.92. The number of halogens is 1. The number of nitrogens with one attached hydrogen (secondary N) is 2. The number of hydrogen-bond donors (Lipinski definition) is 2. The lowest BCUT2D eigenvalue weighted by Gasteiger charge is -2.07. The van der Waals surface area contributed by atoms with Crippen molar-refractivity contribution in [2.75, 3.05) is 11.8 Å². The number of rotatable bonds is 6. The summed E-state index contributed by atoms with van der Waals surface area (Å²) in [6.45, 7) is 2.50. The second kappa shape index (κ2) is 6.64. The molecular weight excluding hydrogens is 356 g/mol. The zero-order valence-corrected chi connectivity index (χ0v) is 14.2. The van der Waals surface area contributed by atoms with E-state index >= 15 is 0 Å². The van der Waals surface area contributed by atoms with E-state index in [9.17, 15) is 8.42 Å². The first kappa shape index (κ1) is 16.1. The maximum absolute atomic E-state index is 12.4. The molecule has 0 radical (unpaired) electrons. The summed E-state index contributed by atoms with van der Waals surface area (Å²) in [6, 6.07) is 8.80. The molecule has 2 N–H and O–H groups in total. The number of sulfonamides is 1. The van der Waals surface area contributed by atoms with Crippen molar-refractivity contribution in [1.82, 2.24) is 5.32 Å². The average Bonchev–Trinajstić information content (AvgIpc) is 2.81. The molecule has 0 bridgehead atoms. The molecule has 0 fully saturated rings. The quantitative estimate of drug-likeness (QED) is 0.816. The van der Waals surface area contributed by atoms with Gasteiger partial charge in [0.2, 0.25) is 0 Å². The van der Waals surface area contributed by atoms with Crippen LogP contribution in [0.5, 0.6) is 0 Å². The number of hydrogen-bond acceptors (Lipinski definition) is 4. The Bertz CT molecular complexity index is 708. The van der Waals surface area contributed by atoms with Crippen LogP contribution in [0.2, 0.25) is 0 Å². The normalized spacial score (nSPS) is 11.6. The molecule has 1 aromatic heterocycles. The van der Waals surface area contributed by atoms with Gasteiger partial charge >= 0.3 is 0 Å². The first-order chi connectivity index (χ1) is 9.96. The van der Waals surface area contributed by atoms with Crippen LogP contribution in [0.4, 0.5) is 5.69 Å². The Morgan fingerprint density at radius 2 is 1.90 bits per heavy atom. The van der Waals surface area contributed by atoms with E-state index in [2.05, 4.69) is 26.0 Å². The maximum atomic E-state index is 12.4. The van der Waals surface area contributed by atoms with Crippen LogP contribution in [0.3, 0.4) is 0 Å². The van der Waals surface area contributed by atoms with Crippen LogP contribution in [0.25, 0.3) is 0 Å². The summed E-state index contributed by atoms with van der Waals surface area (Å²) in [6.07, 6.45) is 0.910. The predicted octanol–water partition coefficient (Wildman–Crippen LogP) is 3.12. The minimum absolute atomic E-state index is 0.0901. The first-order valence-electron chi connectivity index (χ1n) is 6.51.